The molecule has 1 unspecified atom stereocenters. The summed E-state index contributed by atoms with van der Waals surface area (Å²) in [6, 6.07) is 8.68. The number of benzene rings is 1. The van der Waals surface area contributed by atoms with Crippen LogP contribution in [0.25, 0.3) is 6.08 Å². The van der Waals surface area contributed by atoms with E-state index in [4.69, 9.17) is 13.9 Å². The molecule has 3 heterocycles. The van der Waals surface area contributed by atoms with Crippen molar-refractivity contribution in [3.63, 3.8) is 0 Å². The Labute approximate surface area is 169 Å². The van der Waals surface area contributed by atoms with Crippen LogP contribution in [0.2, 0.25) is 0 Å². The van der Waals surface area contributed by atoms with Crippen molar-refractivity contribution in [2.45, 2.75) is 25.9 Å². The number of ether oxygens (including phenoxy) is 2. The van der Waals surface area contributed by atoms with Crippen LogP contribution in [0.4, 0.5) is 0 Å². The summed E-state index contributed by atoms with van der Waals surface area (Å²) >= 11 is 0. The summed E-state index contributed by atoms with van der Waals surface area (Å²) in [6.07, 6.45) is 3.76. The Kier molecular flexibility index (Phi) is 5.36. The van der Waals surface area contributed by atoms with Crippen LogP contribution in [0.1, 0.15) is 24.7 Å². The third-order valence-corrected chi connectivity index (χ3v) is 6.85. The van der Waals surface area contributed by atoms with Gasteiger partial charge in [0.05, 0.1) is 36.5 Å². The highest BCUT2D eigenvalue weighted by Gasteiger charge is 2.36. The highest BCUT2D eigenvalue weighted by molar-refractivity contribution is 7.91. The molecule has 1 aromatic heterocycles. The van der Waals surface area contributed by atoms with Gasteiger partial charge < -0.3 is 18.8 Å². The van der Waals surface area contributed by atoms with Crippen LogP contribution in [-0.2, 0) is 21.2 Å². The monoisotopic (exact) mass is 417 g/mol. The van der Waals surface area contributed by atoms with Gasteiger partial charge in [-0.05, 0) is 37.6 Å². The number of rotatable bonds is 6. The molecule has 1 atom stereocenters. The lowest BCUT2D eigenvalue weighted by molar-refractivity contribution is -0.130. The third-order valence-electron chi connectivity index (χ3n) is 5.10. The van der Waals surface area contributed by atoms with Gasteiger partial charge >= 0.3 is 0 Å². The Morgan fingerprint density at radius 3 is 2.83 bits per heavy atom. The van der Waals surface area contributed by atoms with Crippen molar-refractivity contribution < 1.29 is 27.1 Å². The number of fused-ring (bicyclic) bond motifs is 1. The molecule has 7 nitrogen and oxygen atoms in total. The van der Waals surface area contributed by atoms with Crippen molar-refractivity contribution in [3.8, 4) is 11.5 Å². The lowest BCUT2D eigenvalue weighted by Crippen LogP contribution is -2.42. The van der Waals surface area contributed by atoms with E-state index in [2.05, 4.69) is 0 Å². The van der Waals surface area contributed by atoms with Crippen LogP contribution in [0, 0.1) is 0 Å². The fourth-order valence-electron chi connectivity index (χ4n) is 3.72. The predicted octanol–water partition coefficient (Wildman–Crippen LogP) is 2.67. The Morgan fingerprint density at radius 1 is 1.28 bits per heavy atom. The quantitative estimate of drug-likeness (QED) is 0.718. The highest BCUT2D eigenvalue weighted by atomic mass is 32.2. The van der Waals surface area contributed by atoms with Gasteiger partial charge in [0.15, 0.2) is 21.3 Å². The van der Waals surface area contributed by atoms with Crippen molar-refractivity contribution in [1.82, 2.24) is 4.90 Å². The standard InChI is InChI=1S/C21H23NO6S/c1-2-26-19-7-3-5-15-11-16(13-28-20(15)19)21(23)22(12-18-6-4-9-27-18)17-8-10-29(24,25)14-17/h3-7,9,11,17H,2,8,10,12-14H2,1H3. The van der Waals surface area contributed by atoms with E-state index in [1.807, 2.05) is 25.1 Å². The van der Waals surface area contributed by atoms with Gasteiger partial charge in [-0.25, -0.2) is 8.42 Å². The van der Waals surface area contributed by atoms with Gasteiger partial charge in [0, 0.05) is 11.6 Å². The largest absolute Gasteiger partial charge is 0.490 e. The molecule has 1 aromatic carbocycles. The minimum Gasteiger partial charge on any atom is -0.490 e. The molecular weight excluding hydrogens is 394 g/mol. The zero-order valence-corrected chi connectivity index (χ0v) is 17.0. The Hall–Kier alpha value is -2.74. The summed E-state index contributed by atoms with van der Waals surface area (Å²) in [5.74, 6) is 1.69. The number of furan rings is 1. The van der Waals surface area contributed by atoms with Crippen molar-refractivity contribution in [2.75, 3.05) is 24.7 Å². The minimum atomic E-state index is -3.14. The van der Waals surface area contributed by atoms with Gasteiger partial charge in [0.1, 0.15) is 12.4 Å². The Bertz CT molecular complexity index is 1030. The average molecular weight is 417 g/mol. The SMILES string of the molecule is CCOc1cccc2c1OCC(C(=O)N(Cc1ccco1)C1CCS(=O)(=O)C1)=C2. The van der Waals surface area contributed by atoms with Crippen LogP contribution in [0.15, 0.2) is 46.6 Å². The number of hydrogen-bond donors (Lipinski definition) is 0. The van der Waals surface area contributed by atoms with Gasteiger partial charge in [-0.3, -0.25) is 4.79 Å². The minimum absolute atomic E-state index is 0.0291. The summed E-state index contributed by atoms with van der Waals surface area (Å²) in [5, 5.41) is 0. The number of sulfone groups is 1. The first-order chi connectivity index (χ1) is 14.0. The molecule has 29 heavy (non-hydrogen) atoms. The first kappa shape index (κ1) is 19.6. The average Bonchev–Trinajstić information content (AvgIpc) is 3.34. The molecule has 1 saturated heterocycles. The zero-order valence-electron chi connectivity index (χ0n) is 16.2. The van der Waals surface area contributed by atoms with Crippen LogP contribution >= 0.6 is 0 Å². The summed E-state index contributed by atoms with van der Waals surface area (Å²) in [4.78, 5) is 14.9. The molecule has 154 valence electrons. The van der Waals surface area contributed by atoms with Crippen LogP contribution in [-0.4, -0.2) is 50.0 Å². The molecule has 2 aromatic rings. The van der Waals surface area contributed by atoms with Gasteiger partial charge in [0.2, 0.25) is 0 Å². The molecule has 0 bridgehead atoms. The second-order valence-corrected chi connectivity index (χ2v) is 9.36. The number of carbonyl (C=O) groups excluding carboxylic acids is 1. The molecule has 2 aliphatic heterocycles. The smallest absolute Gasteiger partial charge is 0.253 e. The van der Waals surface area contributed by atoms with E-state index in [-0.39, 0.29) is 36.6 Å². The fourth-order valence-corrected chi connectivity index (χ4v) is 5.45. The molecule has 0 saturated carbocycles. The van der Waals surface area contributed by atoms with Crippen molar-refractivity contribution in [3.05, 3.63) is 53.5 Å². The van der Waals surface area contributed by atoms with E-state index in [0.717, 1.165) is 5.56 Å². The molecule has 8 heteroatoms. The van der Waals surface area contributed by atoms with E-state index in [0.29, 0.717) is 35.9 Å². The Morgan fingerprint density at radius 2 is 2.14 bits per heavy atom. The molecular formula is C21H23NO6S. The first-order valence-corrected chi connectivity index (χ1v) is 11.4. The number of carbonyl (C=O) groups is 1. The van der Waals surface area contributed by atoms with Crippen LogP contribution < -0.4 is 9.47 Å². The van der Waals surface area contributed by atoms with Crippen LogP contribution in [0.3, 0.4) is 0 Å². The van der Waals surface area contributed by atoms with Crippen molar-refractivity contribution in [1.29, 1.82) is 0 Å². The molecule has 2 aliphatic rings. The second kappa shape index (κ2) is 7.94. The van der Waals surface area contributed by atoms with E-state index < -0.39 is 9.84 Å². The lowest BCUT2D eigenvalue weighted by Gasteiger charge is -2.30. The number of amides is 1. The van der Waals surface area contributed by atoms with E-state index in [1.165, 1.54) is 6.26 Å². The summed E-state index contributed by atoms with van der Waals surface area (Å²) in [7, 11) is -3.14. The molecule has 0 spiro atoms. The Balaban J connectivity index is 1.63. The lowest BCUT2D eigenvalue weighted by atomic mass is 10.0. The van der Waals surface area contributed by atoms with Crippen molar-refractivity contribution >= 4 is 21.8 Å². The van der Waals surface area contributed by atoms with Crippen molar-refractivity contribution in [2.24, 2.45) is 0 Å². The summed E-state index contributed by atoms with van der Waals surface area (Å²) < 4.78 is 40.8. The summed E-state index contributed by atoms with van der Waals surface area (Å²) in [5.41, 5.74) is 1.24. The van der Waals surface area contributed by atoms with Gasteiger partial charge in [0.25, 0.3) is 5.91 Å². The second-order valence-electron chi connectivity index (χ2n) is 7.14. The fraction of sp³-hybridized carbons (Fsp3) is 0.381. The number of hydrogen-bond acceptors (Lipinski definition) is 6. The van der Waals surface area contributed by atoms with Gasteiger partial charge in [-0.2, -0.15) is 0 Å². The first-order valence-electron chi connectivity index (χ1n) is 9.60. The predicted molar refractivity (Wildman–Crippen MR) is 107 cm³/mol. The summed E-state index contributed by atoms with van der Waals surface area (Å²) in [6.45, 7) is 2.73. The maximum atomic E-state index is 13.4. The van der Waals surface area contributed by atoms with E-state index in [9.17, 15) is 13.2 Å². The van der Waals surface area contributed by atoms with Gasteiger partial charge in [-0.15, -0.1) is 0 Å². The maximum Gasteiger partial charge on any atom is 0.253 e. The zero-order chi connectivity index (χ0) is 20.4. The third kappa shape index (κ3) is 4.17. The molecule has 1 fully saturated rings. The maximum absolute atomic E-state index is 13.4. The molecule has 0 N–H and O–H groups in total. The molecule has 4 rings (SSSR count). The van der Waals surface area contributed by atoms with Gasteiger partial charge in [-0.1, -0.05) is 12.1 Å². The molecule has 0 aliphatic carbocycles. The number of para-hydroxylation sites is 1. The van der Waals surface area contributed by atoms with Crippen LogP contribution in [0.5, 0.6) is 11.5 Å². The topological polar surface area (TPSA) is 86.1 Å². The molecule has 0 radical (unpaired) electrons. The normalized spacial score (nSPS) is 19.8. The number of nitrogens with zero attached hydrogens (tertiary/aromatic N) is 1. The van der Waals surface area contributed by atoms with E-state index >= 15 is 0 Å². The van der Waals surface area contributed by atoms with E-state index in [1.54, 1.807) is 23.1 Å². The molecule has 1 amide bonds. The highest BCUT2D eigenvalue weighted by Crippen LogP contribution is 2.36.